The molecule has 0 atom stereocenters. The summed E-state index contributed by atoms with van der Waals surface area (Å²) in [6, 6.07) is 11.0. The van der Waals surface area contributed by atoms with Crippen molar-refractivity contribution < 1.29 is 0 Å². The van der Waals surface area contributed by atoms with Crippen LogP contribution in [0.5, 0.6) is 0 Å². The Kier molecular flexibility index (Phi) is 7.55. The zero-order valence-electron chi connectivity index (χ0n) is 11.4. The second kappa shape index (κ2) is 9.02. The van der Waals surface area contributed by atoms with E-state index in [1.54, 1.807) is 0 Å². The number of rotatable bonds is 8. The summed E-state index contributed by atoms with van der Waals surface area (Å²) in [5.41, 5.74) is 1.39. The van der Waals surface area contributed by atoms with E-state index in [-0.39, 0.29) is 0 Å². The predicted molar refractivity (Wildman–Crippen MR) is 78.9 cm³/mol. The Morgan fingerprint density at radius 2 is 1.94 bits per heavy atom. The maximum absolute atomic E-state index is 8.49. The molecule has 0 heterocycles. The molecule has 0 saturated carbocycles. The van der Waals surface area contributed by atoms with Crippen molar-refractivity contribution in [3.8, 4) is 6.07 Å². The molecule has 0 aliphatic rings. The van der Waals surface area contributed by atoms with Gasteiger partial charge >= 0.3 is 0 Å². The van der Waals surface area contributed by atoms with Crippen LogP contribution in [0.4, 0.5) is 0 Å². The van der Waals surface area contributed by atoms with E-state index in [1.165, 1.54) is 10.5 Å². The van der Waals surface area contributed by atoms with Gasteiger partial charge in [0, 0.05) is 17.9 Å². The molecule has 0 saturated heterocycles. The summed E-state index contributed by atoms with van der Waals surface area (Å²) in [6.07, 6.45) is 2.71. The van der Waals surface area contributed by atoms with Crippen LogP contribution in [0, 0.1) is 11.3 Å². The summed E-state index contributed by atoms with van der Waals surface area (Å²) in [7, 11) is 2.12. The number of benzene rings is 1. The molecular formula is C15H22N2S. The molecule has 0 unspecified atom stereocenters. The summed E-state index contributed by atoms with van der Waals surface area (Å²) < 4.78 is 0. The fraction of sp³-hybridized carbons (Fsp3) is 0.533. The minimum atomic E-state index is 0.660. The Labute approximate surface area is 115 Å². The molecule has 0 amide bonds. The number of hydrogen-bond acceptors (Lipinski definition) is 3. The van der Waals surface area contributed by atoms with Crippen molar-refractivity contribution in [1.82, 2.24) is 4.90 Å². The first-order chi connectivity index (χ1) is 8.76. The van der Waals surface area contributed by atoms with Crippen molar-refractivity contribution >= 4 is 11.8 Å². The van der Waals surface area contributed by atoms with E-state index in [4.69, 9.17) is 5.26 Å². The third kappa shape index (κ3) is 6.09. The topological polar surface area (TPSA) is 27.0 Å². The van der Waals surface area contributed by atoms with Gasteiger partial charge in [-0.15, -0.1) is 11.8 Å². The molecule has 1 aromatic rings. The summed E-state index contributed by atoms with van der Waals surface area (Å²) >= 11 is 1.88. The van der Waals surface area contributed by atoms with E-state index in [0.717, 1.165) is 31.7 Å². The van der Waals surface area contributed by atoms with Crippen LogP contribution < -0.4 is 0 Å². The van der Waals surface area contributed by atoms with Gasteiger partial charge in [0.2, 0.25) is 0 Å². The molecule has 0 fully saturated rings. The molecule has 0 aliphatic heterocycles. The average molecular weight is 262 g/mol. The molecule has 18 heavy (non-hydrogen) atoms. The quantitative estimate of drug-likeness (QED) is 0.529. The molecule has 1 rings (SSSR count). The number of unbranched alkanes of at least 4 members (excludes halogenated alkanes) is 1. The SMILES string of the molecule is CCSc1ccc(CCN(C)CCCC#N)cc1. The molecule has 3 heteroatoms. The zero-order chi connectivity index (χ0) is 13.2. The smallest absolute Gasteiger partial charge is 0.0622 e. The molecule has 2 nitrogen and oxygen atoms in total. The van der Waals surface area contributed by atoms with E-state index in [9.17, 15) is 0 Å². The van der Waals surface area contributed by atoms with Crippen molar-refractivity contribution in [2.75, 3.05) is 25.9 Å². The normalized spacial score (nSPS) is 10.6. The third-order valence-corrected chi connectivity index (χ3v) is 3.74. The second-order valence-corrected chi connectivity index (χ2v) is 5.73. The Bertz CT molecular complexity index is 367. The molecule has 0 aromatic heterocycles. The highest BCUT2D eigenvalue weighted by molar-refractivity contribution is 7.99. The lowest BCUT2D eigenvalue weighted by Crippen LogP contribution is -2.22. The summed E-state index contributed by atoms with van der Waals surface area (Å²) in [4.78, 5) is 3.65. The van der Waals surface area contributed by atoms with Crippen LogP contribution in [0.2, 0.25) is 0 Å². The lowest BCUT2D eigenvalue weighted by atomic mass is 10.1. The van der Waals surface area contributed by atoms with Gasteiger partial charge in [-0.2, -0.15) is 5.26 Å². The van der Waals surface area contributed by atoms with Gasteiger partial charge in [-0.3, -0.25) is 0 Å². The van der Waals surface area contributed by atoms with Gasteiger partial charge in [-0.25, -0.2) is 0 Å². The minimum Gasteiger partial charge on any atom is -0.306 e. The van der Waals surface area contributed by atoms with Gasteiger partial charge in [-0.05, 0) is 49.9 Å². The van der Waals surface area contributed by atoms with Crippen LogP contribution >= 0.6 is 11.8 Å². The lowest BCUT2D eigenvalue weighted by molar-refractivity contribution is 0.335. The largest absolute Gasteiger partial charge is 0.306 e. The Balaban J connectivity index is 2.28. The highest BCUT2D eigenvalue weighted by Gasteiger charge is 2.00. The van der Waals surface area contributed by atoms with Gasteiger partial charge in [0.05, 0.1) is 6.07 Å². The Morgan fingerprint density at radius 3 is 2.56 bits per heavy atom. The minimum absolute atomic E-state index is 0.660. The van der Waals surface area contributed by atoms with Gasteiger partial charge in [0.15, 0.2) is 0 Å². The number of likely N-dealkylation sites (N-methyl/N-ethyl adjacent to an activating group) is 1. The predicted octanol–water partition coefficient (Wildman–Crippen LogP) is 3.58. The second-order valence-electron chi connectivity index (χ2n) is 4.39. The zero-order valence-corrected chi connectivity index (χ0v) is 12.2. The average Bonchev–Trinajstić information content (AvgIpc) is 2.39. The van der Waals surface area contributed by atoms with E-state index in [0.29, 0.717) is 6.42 Å². The number of nitrogens with zero attached hydrogens (tertiary/aromatic N) is 2. The van der Waals surface area contributed by atoms with Crippen LogP contribution in [0.1, 0.15) is 25.3 Å². The standard InChI is InChI=1S/C15H22N2S/c1-3-18-15-8-6-14(7-9-15)10-13-17(2)12-5-4-11-16/h6-9H,3-5,10,12-13H2,1-2H3. The number of thioether (sulfide) groups is 1. The Morgan fingerprint density at radius 1 is 1.22 bits per heavy atom. The fourth-order valence-electron chi connectivity index (χ4n) is 1.78. The highest BCUT2D eigenvalue weighted by atomic mass is 32.2. The van der Waals surface area contributed by atoms with Crippen LogP contribution in [-0.4, -0.2) is 30.8 Å². The van der Waals surface area contributed by atoms with Gasteiger partial charge < -0.3 is 4.90 Å². The van der Waals surface area contributed by atoms with E-state index >= 15 is 0 Å². The molecular weight excluding hydrogens is 240 g/mol. The molecule has 0 N–H and O–H groups in total. The molecule has 0 bridgehead atoms. The summed E-state index contributed by atoms with van der Waals surface area (Å²) in [5.74, 6) is 1.13. The van der Waals surface area contributed by atoms with Crippen LogP contribution in [0.15, 0.2) is 29.2 Å². The van der Waals surface area contributed by atoms with Crippen LogP contribution in [0.3, 0.4) is 0 Å². The van der Waals surface area contributed by atoms with Crippen molar-refractivity contribution in [2.45, 2.75) is 31.1 Å². The molecule has 98 valence electrons. The van der Waals surface area contributed by atoms with Crippen LogP contribution in [0.25, 0.3) is 0 Å². The monoisotopic (exact) mass is 262 g/mol. The first-order valence-electron chi connectivity index (χ1n) is 6.53. The van der Waals surface area contributed by atoms with Crippen molar-refractivity contribution in [1.29, 1.82) is 5.26 Å². The van der Waals surface area contributed by atoms with Crippen molar-refractivity contribution in [3.05, 3.63) is 29.8 Å². The molecule has 1 aromatic carbocycles. The molecule has 0 radical (unpaired) electrons. The van der Waals surface area contributed by atoms with Crippen molar-refractivity contribution in [2.24, 2.45) is 0 Å². The fourth-order valence-corrected chi connectivity index (χ4v) is 2.44. The van der Waals surface area contributed by atoms with Crippen LogP contribution in [-0.2, 0) is 6.42 Å². The first-order valence-corrected chi connectivity index (χ1v) is 7.52. The third-order valence-electron chi connectivity index (χ3n) is 2.84. The van der Waals surface area contributed by atoms with E-state index in [2.05, 4.69) is 49.2 Å². The summed E-state index contributed by atoms with van der Waals surface area (Å²) in [6.45, 7) is 4.25. The maximum Gasteiger partial charge on any atom is 0.0622 e. The number of hydrogen-bond donors (Lipinski definition) is 0. The van der Waals surface area contributed by atoms with Gasteiger partial charge in [0.25, 0.3) is 0 Å². The van der Waals surface area contributed by atoms with Crippen molar-refractivity contribution in [3.63, 3.8) is 0 Å². The lowest BCUT2D eigenvalue weighted by Gasteiger charge is -2.15. The van der Waals surface area contributed by atoms with E-state index < -0.39 is 0 Å². The Hall–Kier alpha value is -0.980. The maximum atomic E-state index is 8.49. The highest BCUT2D eigenvalue weighted by Crippen LogP contribution is 2.17. The van der Waals surface area contributed by atoms with E-state index in [1.807, 2.05) is 11.8 Å². The summed E-state index contributed by atoms with van der Waals surface area (Å²) in [5, 5.41) is 8.49. The van der Waals surface area contributed by atoms with Gasteiger partial charge in [-0.1, -0.05) is 19.1 Å². The number of nitriles is 1. The molecule has 0 spiro atoms. The first kappa shape index (κ1) is 15.1. The van der Waals surface area contributed by atoms with Gasteiger partial charge in [0.1, 0.15) is 0 Å². The molecule has 0 aliphatic carbocycles.